The minimum absolute atomic E-state index is 0.416. The zero-order valence-electron chi connectivity index (χ0n) is 14.5. The average Bonchev–Trinajstić information content (AvgIpc) is 2.56. The van der Waals surface area contributed by atoms with Gasteiger partial charge in [-0.1, -0.05) is 61.9 Å². The molecule has 0 radical (unpaired) electrons. The maximum atomic E-state index is 10.7. The highest BCUT2D eigenvalue weighted by Gasteiger charge is 2.18. The minimum Gasteiger partial charge on any atom is -0.507 e. The van der Waals surface area contributed by atoms with Crippen LogP contribution in [-0.2, 0) is 0 Å². The summed E-state index contributed by atoms with van der Waals surface area (Å²) in [5, 5.41) is 10.7. The fraction of sp³-hybridized carbons (Fsp3) is 0.409. The van der Waals surface area contributed by atoms with Gasteiger partial charge in [0.2, 0.25) is 0 Å². The number of aromatic hydroxyl groups is 1. The number of nitrogens with zero attached hydrogens (tertiary/aromatic N) is 1. The van der Waals surface area contributed by atoms with Gasteiger partial charge < -0.3 is 5.11 Å². The molecule has 0 unspecified atom stereocenters. The van der Waals surface area contributed by atoms with Gasteiger partial charge in [0.25, 0.3) is 0 Å². The highest BCUT2D eigenvalue weighted by molar-refractivity contribution is 5.86. The van der Waals surface area contributed by atoms with Crippen molar-refractivity contribution in [3.05, 3.63) is 59.2 Å². The molecular formula is C22H27NO. The van der Waals surface area contributed by atoms with Gasteiger partial charge in [0.1, 0.15) is 5.75 Å². The zero-order valence-corrected chi connectivity index (χ0v) is 14.5. The molecule has 2 aromatic rings. The molecule has 0 heterocycles. The molecular weight excluding hydrogens is 294 g/mol. The lowest BCUT2D eigenvalue weighted by atomic mass is 9.85. The summed E-state index contributed by atoms with van der Waals surface area (Å²) in [6, 6.07) is 14.2. The molecule has 0 bridgehead atoms. The molecule has 2 aromatic carbocycles. The van der Waals surface area contributed by atoms with E-state index in [0.717, 1.165) is 16.8 Å². The van der Waals surface area contributed by atoms with Crippen molar-refractivity contribution in [3.8, 4) is 5.75 Å². The summed E-state index contributed by atoms with van der Waals surface area (Å²) in [4.78, 5) is 4.51. The van der Waals surface area contributed by atoms with Gasteiger partial charge in [0.15, 0.2) is 0 Å². The predicted molar refractivity (Wildman–Crippen MR) is 102 cm³/mol. The molecule has 1 N–H and O–H groups in total. The van der Waals surface area contributed by atoms with Crippen LogP contribution in [0.2, 0.25) is 0 Å². The first-order chi connectivity index (χ1) is 11.7. The molecule has 1 fully saturated rings. The van der Waals surface area contributed by atoms with Gasteiger partial charge in [-0.05, 0) is 49.4 Å². The standard InChI is InChI=1S/C22H27NO/c1-17-12-14-20(15-13-17)23-16-19-10-7-11-21(22(19)24)18-8-5-3-2-4-6-9-18/h7,10-16,18,24H,2-6,8-9H2,1H3. The fourth-order valence-corrected chi connectivity index (χ4v) is 3.56. The Hall–Kier alpha value is -2.09. The third kappa shape index (κ3) is 4.25. The Balaban J connectivity index is 1.80. The summed E-state index contributed by atoms with van der Waals surface area (Å²) in [6.07, 6.45) is 10.7. The Labute approximate surface area is 145 Å². The molecule has 1 aliphatic carbocycles. The molecule has 2 nitrogen and oxygen atoms in total. The quantitative estimate of drug-likeness (QED) is 0.663. The first-order valence-corrected chi connectivity index (χ1v) is 9.16. The van der Waals surface area contributed by atoms with E-state index < -0.39 is 0 Å². The number of hydrogen-bond acceptors (Lipinski definition) is 2. The van der Waals surface area contributed by atoms with Crippen molar-refractivity contribution in [1.29, 1.82) is 0 Å². The number of para-hydroxylation sites is 1. The zero-order chi connectivity index (χ0) is 16.8. The smallest absolute Gasteiger partial charge is 0.127 e. The van der Waals surface area contributed by atoms with Crippen molar-refractivity contribution >= 4 is 11.9 Å². The Bertz CT molecular complexity index is 680. The number of benzene rings is 2. The van der Waals surface area contributed by atoms with E-state index in [4.69, 9.17) is 0 Å². The molecule has 126 valence electrons. The van der Waals surface area contributed by atoms with Crippen LogP contribution in [0.1, 0.15) is 67.6 Å². The first kappa shape index (κ1) is 16.8. The SMILES string of the molecule is Cc1ccc(N=Cc2cccc(C3CCCCCCC3)c2O)cc1. The molecule has 1 saturated carbocycles. The minimum atomic E-state index is 0.416. The van der Waals surface area contributed by atoms with Crippen molar-refractivity contribution < 1.29 is 5.11 Å². The van der Waals surface area contributed by atoms with Gasteiger partial charge in [-0.2, -0.15) is 0 Å². The van der Waals surface area contributed by atoms with E-state index in [9.17, 15) is 5.11 Å². The van der Waals surface area contributed by atoms with Crippen molar-refractivity contribution in [2.45, 2.75) is 57.8 Å². The van der Waals surface area contributed by atoms with Crippen LogP contribution in [0.25, 0.3) is 0 Å². The van der Waals surface area contributed by atoms with Crippen molar-refractivity contribution in [2.24, 2.45) is 4.99 Å². The van der Waals surface area contributed by atoms with Crippen LogP contribution in [-0.4, -0.2) is 11.3 Å². The number of aliphatic imine (C=N–C) groups is 1. The summed E-state index contributed by atoms with van der Waals surface area (Å²) < 4.78 is 0. The summed E-state index contributed by atoms with van der Waals surface area (Å²) >= 11 is 0. The first-order valence-electron chi connectivity index (χ1n) is 9.16. The molecule has 0 aromatic heterocycles. The molecule has 24 heavy (non-hydrogen) atoms. The number of phenolic OH excluding ortho intramolecular Hbond substituents is 1. The second-order valence-electron chi connectivity index (χ2n) is 6.92. The maximum Gasteiger partial charge on any atom is 0.127 e. The lowest BCUT2D eigenvalue weighted by Crippen LogP contribution is -2.03. The summed E-state index contributed by atoms with van der Waals surface area (Å²) in [7, 11) is 0. The Morgan fingerprint density at radius 1 is 0.917 bits per heavy atom. The number of hydrogen-bond donors (Lipinski definition) is 1. The van der Waals surface area contributed by atoms with Crippen LogP contribution in [0.3, 0.4) is 0 Å². The average molecular weight is 321 g/mol. The van der Waals surface area contributed by atoms with E-state index in [1.165, 1.54) is 50.5 Å². The molecule has 0 atom stereocenters. The van der Waals surface area contributed by atoms with E-state index >= 15 is 0 Å². The Morgan fingerprint density at radius 3 is 2.29 bits per heavy atom. The number of rotatable bonds is 3. The van der Waals surface area contributed by atoms with Gasteiger partial charge in [0, 0.05) is 11.8 Å². The van der Waals surface area contributed by atoms with Gasteiger partial charge >= 0.3 is 0 Å². The highest BCUT2D eigenvalue weighted by Crippen LogP contribution is 2.36. The second kappa shape index (κ2) is 8.14. The molecule has 2 heteroatoms. The monoisotopic (exact) mass is 321 g/mol. The van der Waals surface area contributed by atoms with Gasteiger partial charge in [-0.3, -0.25) is 4.99 Å². The van der Waals surface area contributed by atoms with E-state index in [2.05, 4.69) is 30.1 Å². The molecule has 0 aliphatic heterocycles. The van der Waals surface area contributed by atoms with Crippen LogP contribution in [0.5, 0.6) is 5.75 Å². The molecule has 1 aliphatic rings. The second-order valence-corrected chi connectivity index (χ2v) is 6.92. The molecule has 0 spiro atoms. The molecule has 3 rings (SSSR count). The van der Waals surface area contributed by atoms with Gasteiger partial charge in [0.05, 0.1) is 5.69 Å². The number of phenols is 1. The van der Waals surface area contributed by atoms with Crippen LogP contribution in [0, 0.1) is 6.92 Å². The third-order valence-electron chi connectivity index (χ3n) is 5.03. The lowest BCUT2D eigenvalue weighted by molar-refractivity contribution is 0.424. The van der Waals surface area contributed by atoms with Crippen LogP contribution >= 0.6 is 0 Å². The molecule has 0 saturated heterocycles. The fourth-order valence-electron chi connectivity index (χ4n) is 3.56. The lowest BCUT2D eigenvalue weighted by Gasteiger charge is -2.21. The largest absolute Gasteiger partial charge is 0.507 e. The van der Waals surface area contributed by atoms with E-state index in [1.54, 1.807) is 6.21 Å². The summed E-state index contributed by atoms with van der Waals surface area (Å²) in [5.41, 5.74) is 4.05. The van der Waals surface area contributed by atoms with Gasteiger partial charge in [-0.15, -0.1) is 0 Å². The topological polar surface area (TPSA) is 32.6 Å². The van der Waals surface area contributed by atoms with Crippen molar-refractivity contribution in [3.63, 3.8) is 0 Å². The van der Waals surface area contributed by atoms with Crippen molar-refractivity contribution in [2.75, 3.05) is 0 Å². The van der Waals surface area contributed by atoms with Gasteiger partial charge in [-0.25, -0.2) is 0 Å². The Kier molecular flexibility index (Phi) is 5.68. The van der Waals surface area contributed by atoms with E-state index in [-0.39, 0.29) is 0 Å². The number of aryl methyl sites for hydroxylation is 1. The predicted octanol–water partition coefficient (Wildman–Crippen LogP) is 6.28. The van der Waals surface area contributed by atoms with E-state index in [1.807, 2.05) is 24.3 Å². The van der Waals surface area contributed by atoms with Crippen molar-refractivity contribution in [1.82, 2.24) is 0 Å². The van der Waals surface area contributed by atoms with E-state index in [0.29, 0.717) is 11.7 Å². The van der Waals surface area contributed by atoms with Crippen LogP contribution < -0.4 is 0 Å². The summed E-state index contributed by atoms with van der Waals surface area (Å²) in [6.45, 7) is 2.07. The summed E-state index contributed by atoms with van der Waals surface area (Å²) in [5.74, 6) is 0.900. The maximum absolute atomic E-state index is 10.7. The Morgan fingerprint density at radius 2 is 1.58 bits per heavy atom. The van der Waals surface area contributed by atoms with Crippen LogP contribution in [0.4, 0.5) is 5.69 Å². The third-order valence-corrected chi connectivity index (χ3v) is 5.03. The van der Waals surface area contributed by atoms with Crippen LogP contribution in [0.15, 0.2) is 47.5 Å². The molecule has 0 amide bonds. The highest BCUT2D eigenvalue weighted by atomic mass is 16.3. The normalized spacial score (nSPS) is 16.9.